The van der Waals surface area contributed by atoms with Crippen molar-refractivity contribution in [1.29, 1.82) is 5.26 Å². The number of amides is 1. The van der Waals surface area contributed by atoms with Crippen LogP contribution in [0, 0.1) is 11.3 Å². The van der Waals surface area contributed by atoms with E-state index in [0.29, 0.717) is 16.1 Å². The van der Waals surface area contributed by atoms with Gasteiger partial charge in [0.2, 0.25) is 0 Å². The second-order valence-corrected chi connectivity index (χ2v) is 5.84. The number of fused-ring (bicyclic) bond motifs is 1. The van der Waals surface area contributed by atoms with Crippen molar-refractivity contribution in [3.63, 3.8) is 0 Å². The molecule has 0 aliphatic carbocycles. The van der Waals surface area contributed by atoms with Crippen LogP contribution in [0.25, 0.3) is 10.8 Å². The number of anilines is 1. The minimum atomic E-state index is -0.561. The lowest BCUT2D eigenvalue weighted by Gasteiger charge is -2.07. The molecule has 118 valence electrons. The number of esters is 1. The van der Waals surface area contributed by atoms with Crippen LogP contribution >= 0.6 is 11.3 Å². The maximum atomic E-state index is 12.2. The molecule has 1 N–H and O–H groups in total. The minimum absolute atomic E-state index is 0.383. The van der Waals surface area contributed by atoms with Crippen LogP contribution in [0.15, 0.2) is 53.9 Å². The van der Waals surface area contributed by atoms with E-state index in [4.69, 9.17) is 10.00 Å². The predicted molar refractivity (Wildman–Crippen MR) is 91.9 cm³/mol. The molecule has 1 amide bonds. The maximum Gasteiger partial charge on any atom is 0.339 e. The molecule has 3 rings (SSSR count). The lowest BCUT2D eigenvalue weighted by molar-refractivity contribution is -0.119. The number of carbonyl (C=O) groups excluding carboxylic acids is 2. The first kappa shape index (κ1) is 15.7. The van der Waals surface area contributed by atoms with Crippen molar-refractivity contribution in [3.8, 4) is 6.07 Å². The van der Waals surface area contributed by atoms with Crippen LogP contribution in [0.5, 0.6) is 0 Å². The Morgan fingerprint density at radius 2 is 1.92 bits per heavy atom. The molecule has 1 heterocycles. The third-order valence-corrected chi connectivity index (χ3v) is 4.21. The van der Waals surface area contributed by atoms with E-state index in [1.165, 1.54) is 11.3 Å². The molecule has 6 heteroatoms. The van der Waals surface area contributed by atoms with Crippen LogP contribution in [0.3, 0.4) is 0 Å². The zero-order chi connectivity index (χ0) is 16.9. The van der Waals surface area contributed by atoms with Crippen molar-refractivity contribution in [3.05, 3.63) is 65.0 Å². The molecular formula is C18H12N2O3S. The van der Waals surface area contributed by atoms with Gasteiger partial charge >= 0.3 is 5.97 Å². The quantitative estimate of drug-likeness (QED) is 0.739. The summed E-state index contributed by atoms with van der Waals surface area (Å²) < 4.78 is 5.09. The minimum Gasteiger partial charge on any atom is -0.452 e. The third kappa shape index (κ3) is 3.26. The number of ether oxygens (including phenoxy) is 1. The molecule has 1 aromatic heterocycles. The molecule has 0 saturated heterocycles. The highest BCUT2D eigenvalue weighted by atomic mass is 32.1. The Bertz CT molecular complexity index is 951. The fourth-order valence-corrected chi connectivity index (χ4v) is 3.02. The van der Waals surface area contributed by atoms with Gasteiger partial charge in [-0.3, -0.25) is 4.79 Å². The summed E-state index contributed by atoms with van der Waals surface area (Å²) in [6.45, 7) is -0.412. The molecule has 0 fully saturated rings. The topological polar surface area (TPSA) is 79.2 Å². The predicted octanol–water partition coefficient (Wildman–Crippen LogP) is 3.57. The number of rotatable bonds is 4. The number of nitrogens with one attached hydrogen (secondary N) is 1. The van der Waals surface area contributed by atoms with Crippen molar-refractivity contribution in [2.75, 3.05) is 11.9 Å². The Hall–Kier alpha value is -3.17. The van der Waals surface area contributed by atoms with E-state index < -0.39 is 18.5 Å². The molecule has 0 aliphatic rings. The zero-order valence-corrected chi connectivity index (χ0v) is 13.3. The third-order valence-electron chi connectivity index (χ3n) is 3.38. The monoisotopic (exact) mass is 336 g/mol. The number of hydrogen-bond acceptors (Lipinski definition) is 5. The molecular weight excluding hydrogens is 324 g/mol. The summed E-state index contributed by atoms with van der Waals surface area (Å²) >= 11 is 1.24. The summed E-state index contributed by atoms with van der Waals surface area (Å²) in [5.41, 5.74) is 0.795. The number of thiophene rings is 1. The summed E-state index contributed by atoms with van der Waals surface area (Å²) in [5, 5.41) is 15.3. The largest absolute Gasteiger partial charge is 0.452 e. The first-order chi connectivity index (χ1) is 11.7. The van der Waals surface area contributed by atoms with Crippen molar-refractivity contribution < 1.29 is 14.3 Å². The van der Waals surface area contributed by atoms with Gasteiger partial charge in [0.25, 0.3) is 5.91 Å². The molecule has 0 aliphatic heterocycles. The Balaban J connectivity index is 1.67. The Labute approximate surface area is 142 Å². The van der Waals surface area contributed by atoms with E-state index in [9.17, 15) is 9.59 Å². The van der Waals surface area contributed by atoms with Gasteiger partial charge in [-0.15, -0.1) is 11.3 Å². The van der Waals surface area contributed by atoms with E-state index in [1.54, 1.807) is 23.6 Å². The van der Waals surface area contributed by atoms with Gasteiger partial charge in [-0.1, -0.05) is 36.4 Å². The van der Waals surface area contributed by atoms with Crippen LogP contribution in [-0.2, 0) is 9.53 Å². The van der Waals surface area contributed by atoms with Gasteiger partial charge < -0.3 is 10.1 Å². The molecule has 0 saturated carbocycles. The second-order valence-electron chi connectivity index (χ2n) is 4.93. The summed E-state index contributed by atoms with van der Waals surface area (Å²) in [6.07, 6.45) is 0. The summed E-state index contributed by atoms with van der Waals surface area (Å²) in [7, 11) is 0. The fourth-order valence-electron chi connectivity index (χ4n) is 2.27. The first-order valence-corrected chi connectivity index (χ1v) is 7.99. The van der Waals surface area contributed by atoms with Crippen molar-refractivity contribution in [2.24, 2.45) is 0 Å². The van der Waals surface area contributed by atoms with Crippen LogP contribution < -0.4 is 5.32 Å². The summed E-state index contributed by atoms with van der Waals surface area (Å²) in [5.74, 6) is -1.05. The SMILES string of the molecule is N#Cc1ccsc1NC(=O)COC(=O)c1cccc2ccccc12. The van der Waals surface area contributed by atoms with E-state index in [0.717, 1.165) is 10.8 Å². The molecule has 0 spiro atoms. The van der Waals surface area contributed by atoms with Crippen molar-refractivity contribution in [2.45, 2.75) is 0 Å². The highest BCUT2D eigenvalue weighted by Crippen LogP contribution is 2.22. The highest BCUT2D eigenvalue weighted by molar-refractivity contribution is 7.14. The average molecular weight is 336 g/mol. The molecule has 0 bridgehead atoms. The van der Waals surface area contributed by atoms with E-state index in [1.807, 2.05) is 36.4 Å². The number of hydrogen-bond donors (Lipinski definition) is 1. The van der Waals surface area contributed by atoms with Gasteiger partial charge in [0, 0.05) is 0 Å². The van der Waals surface area contributed by atoms with Crippen LogP contribution in [-0.4, -0.2) is 18.5 Å². The molecule has 0 radical (unpaired) electrons. The number of carbonyl (C=O) groups is 2. The molecule has 0 atom stereocenters. The lowest BCUT2D eigenvalue weighted by Crippen LogP contribution is -2.20. The van der Waals surface area contributed by atoms with Gasteiger partial charge in [0.05, 0.1) is 11.1 Å². The highest BCUT2D eigenvalue weighted by Gasteiger charge is 2.14. The Kier molecular flexibility index (Phi) is 4.54. The molecule has 0 unspecified atom stereocenters. The zero-order valence-electron chi connectivity index (χ0n) is 12.5. The Morgan fingerprint density at radius 3 is 2.75 bits per heavy atom. The normalized spacial score (nSPS) is 10.1. The van der Waals surface area contributed by atoms with Crippen LogP contribution in [0.2, 0.25) is 0 Å². The van der Waals surface area contributed by atoms with Gasteiger partial charge in [-0.25, -0.2) is 4.79 Å². The van der Waals surface area contributed by atoms with E-state index in [2.05, 4.69) is 5.32 Å². The van der Waals surface area contributed by atoms with Crippen molar-refractivity contribution in [1.82, 2.24) is 0 Å². The average Bonchev–Trinajstić information content (AvgIpc) is 3.06. The molecule has 3 aromatic rings. The van der Waals surface area contributed by atoms with E-state index >= 15 is 0 Å². The standard InChI is InChI=1S/C18H12N2O3S/c19-10-13-8-9-24-17(13)20-16(21)11-23-18(22)15-7-3-5-12-4-1-2-6-14(12)15/h1-9H,11H2,(H,20,21). The van der Waals surface area contributed by atoms with Gasteiger partial charge in [0.15, 0.2) is 6.61 Å². The van der Waals surface area contributed by atoms with Gasteiger partial charge in [-0.2, -0.15) is 5.26 Å². The molecule has 2 aromatic carbocycles. The lowest BCUT2D eigenvalue weighted by atomic mass is 10.1. The first-order valence-electron chi connectivity index (χ1n) is 7.11. The van der Waals surface area contributed by atoms with Crippen LogP contribution in [0.4, 0.5) is 5.00 Å². The smallest absolute Gasteiger partial charge is 0.339 e. The number of nitriles is 1. The van der Waals surface area contributed by atoms with Gasteiger partial charge in [-0.05, 0) is 28.3 Å². The molecule has 5 nitrogen and oxygen atoms in total. The number of benzene rings is 2. The summed E-state index contributed by atoms with van der Waals surface area (Å²) in [4.78, 5) is 24.1. The van der Waals surface area contributed by atoms with Gasteiger partial charge in [0.1, 0.15) is 11.1 Å². The number of nitrogens with zero attached hydrogens (tertiary/aromatic N) is 1. The maximum absolute atomic E-state index is 12.2. The summed E-state index contributed by atoms with van der Waals surface area (Å²) in [6, 6.07) is 16.4. The second kappa shape index (κ2) is 6.94. The van der Waals surface area contributed by atoms with E-state index in [-0.39, 0.29) is 0 Å². The van der Waals surface area contributed by atoms with Crippen molar-refractivity contribution >= 4 is 39.0 Å². The fraction of sp³-hybridized carbons (Fsp3) is 0.0556. The Morgan fingerprint density at radius 1 is 1.12 bits per heavy atom. The van der Waals surface area contributed by atoms with Crippen LogP contribution in [0.1, 0.15) is 15.9 Å². The molecule has 24 heavy (non-hydrogen) atoms.